The molecular weight excluding hydrogens is 316 g/mol. The van der Waals surface area contributed by atoms with Crippen molar-refractivity contribution in [1.29, 1.82) is 0 Å². The van der Waals surface area contributed by atoms with Crippen LogP contribution in [0.4, 0.5) is 0 Å². The van der Waals surface area contributed by atoms with Gasteiger partial charge in [0.05, 0.1) is 0 Å². The molecule has 1 aromatic heterocycles. The molecule has 0 spiro atoms. The number of nitrogens with one attached hydrogen (secondary N) is 1. The van der Waals surface area contributed by atoms with Gasteiger partial charge in [0.2, 0.25) is 0 Å². The Kier molecular flexibility index (Phi) is 5.83. The molecule has 1 saturated heterocycles. The summed E-state index contributed by atoms with van der Waals surface area (Å²) >= 11 is 0. The first-order chi connectivity index (χ1) is 12.1. The van der Waals surface area contributed by atoms with E-state index in [4.69, 9.17) is 4.52 Å². The highest BCUT2D eigenvalue weighted by Gasteiger charge is 2.15. The summed E-state index contributed by atoms with van der Waals surface area (Å²) in [7, 11) is 0. The number of piperazine rings is 1. The van der Waals surface area contributed by atoms with E-state index in [1.165, 1.54) is 5.56 Å². The molecule has 0 aliphatic carbocycles. The Hall–Kier alpha value is -2.18. The third-order valence-corrected chi connectivity index (χ3v) is 4.65. The molecule has 6 heteroatoms. The fourth-order valence-electron chi connectivity index (χ4n) is 3.03. The Labute approximate surface area is 148 Å². The van der Waals surface area contributed by atoms with Gasteiger partial charge in [0.25, 0.3) is 5.91 Å². The number of likely N-dealkylation sites (N-methyl/N-ethyl adjacent to an activating group) is 1. The normalized spacial score (nSPS) is 16.1. The average molecular weight is 342 g/mol. The molecule has 6 nitrogen and oxygen atoms in total. The smallest absolute Gasteiger partial charge is 0.273 e. The summed E-state index contributed by atoms with van der Waals surface area (Å²) in [5, 5.41) is 6.59. The van der Waals surface area contributed by atoms with E-state index in [1.807, 2.05) is 0 Å². The fourth-order valence-corrected chi connectivity index (χ4v) is 3.03. The first kappa shape index (κ1) is 17.6. The van der Waals surface area contributed by atoms with Crippen LogP contribution in [0.15, 0.2) is 34.9 Å². The van der Waals surface area contributed by atoms with Crippen LogP contribution in [-0.2, 0) is 13.1 Å². The van der Waals surface area contributed by atoms with Crippen molar-refractivity contribution in [3.63, 3.8) is 0 Å². The molecular formula is C19H26N4O2. The van der Waals surface area contributed by atoms with Crippen molar-refractivity contribution in [2.24, 2.45) is 0 Å². The van der Waals surface area contributed by atoms with Crippen molar-refractivity contribution in [3.05, 3.63) is 52.9 Å². The van der Waals surface area contributed by atoms with Gasteiger partial charge in [-0.2, -0.15) is 0 Å². The van der Waals surface area contributed by atoms with Gasteiger partial charge < -0.3 is 14.7 Å². The number of aryl methyl sites for hydroxylation is 1. The second kappa shape index (κ2) is 8.27. The first-order valence-corrected chi connectivity index (χ1v) is 8.88. The van der Waals surface area contributed by atoms with E-state index < -0.39 is 0 Å². The predicted octanol–water partition coefficient (Wildman–Crippen LogP) is 2.05. The second-order valence-corrected chi connectivity index (χ2v) is 6.53. The van der Waals surface area contributed by atoms with Crippen molar-refractivity contribution in [1.82, 2.24) is 20.3 Å². The third-order valence-electron chi connectivity index (χ3n) is 4.65. The van der Waals surface area contributed by atoms with Gasteiger partial charge in [0, 0.05) is 45.3 Å². The van der Waals surface area contributed by atoms with E-state index in [0.717, 1.165) is 44.8 Å². The molecule has 2 heterocycles. The minimum atomic E-state index is -0.213. The first-order valence-electron chi connectivity index (χ1n) is 8.88. The summed E-state index contributed by atoms with van der Waals surface area (Å²) in [5.74, 6) is 0.420. The molecule has 1 aromatic carbocycles. The highest BCUT2D eigenvalue weighted by Crippen LogP contribution is 2.10. The van der Waals surface area contributed by atoms with Crippen LogP contribution in [0.1, 0.15) is 34.3 Å². The number of hydrogen-bond donors (Lipinski definition) is 1. The fraction of sp³-hybridized carbons (Fsp3) is 0.474. The summed E-state index contributed by atoms with van der Waals surface area (Å²) < 4.78 is 4.92. The molecule has 25 heavy (non-hydrogen) atoms. The molecule has 0 unspecified atom stereocenters. The van der Waals surface area contributed by atoms with Crippen LogP contribution in [0.2, 0.25) is 0 Å². The minimum absolute atomic E-state index is 0.213. The highest BCUT2D eigenvalue weighted by atomic mass is 16.5. The SMILES string of the molecule is CCN1CCN(Cc2ccc(CNC(=O)c3cc(C)on3)cc2)CC1. The Morgan fingerprint density at radius 2 is 1.76 bits per heavy atom. The standard InChI is InChI=1S/C19H26N4O2/c1-3-22-8-10-23(11-9-22)14-17-6-4-16(5-7-17)13-20-19(24)18-12-15(2)25-21-18/h4-7,12H,3,8-11,13-14H2,1-2H3,(H,20,24). The summed E-state index contributed by atoms with van der Waals surface area (Å²) in [5.41, 5.74) is 2.71. The van der Waals surface area contributed by atoms with Crippen LogP contribution in [-0.4, -0.2) is 53.6 Å². The van der Waals surface area contributed by atoms with Gasteiger partial charge in [0.15, 0.2) is 5.69 Å². The maximum absolute atomic E-state index is 12.0. The summed E-state index contributed by atoms with van der Waals surface area (Å²) in [6, 6.07) is 10.1. The Balaban J connectivity index is 1.46. The van der Waals surface area contributed by atoms with Gasteiger partial charge in [-0.1, -0.05) is 36.3 Å². The molecule has 2 aromatic rings. The molecule has 1 amide bonds. The maximum atomic E-state index is 12.0. The quantitative estimate of drug-likeness (QED) is 0.871. The number of amides is 1. The van der Waals surface area contributed by atoms with E-state index >= 15 is 0 Å². The molecule has 0 atom stereocenters. The predicted molar refractivity (Wildman–Crippen MR) is 96.2 cm³/mol. The topological polar surface area (TPSA) is 61.6 Å². The maximum Gasteiger partial charge on any atom is 0.273 e. The Bertz CT molecular complexity index is 688. The average Bonchev–Trinajstić information content (AvgIpc) is 3.08. The second-order valence-electron chi connectivity index (χ2n) is 6.53. The lowest BCUT2D eigenvalue weighted by atomic mass is 10.1. The molecule has 0 radical (unpaired) electrons. The Morgan fingerprint density at radius 3 is 2.36 bits per heavy atom. The van der Waals surface area contributed by atoms with Crippen molar-refractivity contribution in [3.8, 4) is 0 Å². The van der Waals surface area contributed by atoms with E-state index in [1.54, 1.807) is 13.0 Å². The van der Waals surface area contributed by atoms with E-state index in [-0.39, 0.29) is 5.91 Å². The lowest BCUT2D eigenvalue weighted by Crippen LogP contribution is -2.45. The molecule has 1 aliphatic rings. The zero-order valence-corrected chi connectivity index (χ0v) is 15.0. The molecule has 0 saturated carbocycles. The number of carbonyl (C=O) groups is 1. The van der Waals surface area contributed by atoms with Crippen LogP contribution >= 0.6 is 0 Å². The number of aromatic nitrogens is 1. The number of rotatable bonds is 6. The van der Waals surface area contributed by atoms with Gasteiger partial charge in [-0.25, -0.2) is 0 Å². The van der Waals surface area contributed by atoms with Crippen LogP contribution in [0.5, 0.6) is 0 Å². The molecule has 134 valence electrons. The monoisotopic (exact) mass is 342 g/mol. The van der Waals surface area contributed by atoms with Gasteiger partial charge in [-0.3, -0.25) is 9.69 Å². The molecule has 3 rings (SSSR count). The van der Waals surface area contributed by atoms with Crippen molar-refractivity contribution in [2.75, 3.05) is 32.7 Å². The molecule has 1 fully saturated rings. The molecule has 1 aliphatic heterocycles. The zero-order chi connectivity index (χ0) is 17.6. The zero-order valence-electron chi connectivity index (χ0n) is 15.0. The highest BCUT2D eigenvalue weighted by molar-refractivity contribution is 5.92. The Morgan fingerprint density at radius 1 is 1.12 bits per heavy atom. The van der Waals surface area contributed by atoms with Gasteiger partial charge in [0.1, 0.15) is 5.76 Å². The number of benzene rings is 1. The summed E-state index contributed by atoms with van der Waals surface area (Å²) in [4.78, 5) is 16.9. The van der Waals surface area contributed by atoms with Crippen LogP contribution in [0, 0.1) is 6.92 Å². The van der Waals surface area contributed by atoms with Crippen LogP contribution in [0.25, 0.3) is 0 Å². The van der Waals surface area contributed by atoms with E-state index in [9.17, 15) is 4.79 Å². The van der Waals surface area contributed by atoms with Gasteiger partial charge >= 0.3 is 0 Å². The lowest BCUT2D eigenvalue weighted by Gasteiger charge is -2.34. The number of hydrogen-bond acceptors (Lipinski definition) is 5. The van der Waals surface area contributed by atoms with Crippen LogP contribution in [0.3, 0.4) is 0 Å². The molecule has 1 N–H and O–H groups in total. The van der Waals surface area contributed by atoms with Crippen molar-refractivity contribution < 1.29 is 9.32 Å². The third kappa shape index (κ3) is 4.90. The van der Waals surface area contributed by atoms with E-state index in [2.05, 4.69) is 51.5 Å². The largest absolute Gasteiger partial charge is 0.361 e. The minimum Gasteiger partial charge on any atom is -0.361 e. The summed E-state index contributed by atoms with van der Waals surface area (Å²) in [6.45, 7) is 11.2. The van der Waals surface area contributed by atoms with Crippen LogP contribution < -0.4 is 5.32 Å². The number of carbonyl (C=O) groups excluding carboxylic acids is 1. The lowest BCUT2D eigenvalue weighted by molar-refractivity contribution is 0.0942. The van der Waals surface area contributed by atoms with Crippen molar-refractivity contribution in [2.45, 2.75) is 26.9 Å². The van der Waals surface area contributed by atoms with Gasteiger partial charge in [-0.05, 0) is 24.6 Å². The van der Waals surface area contributed by atoms with Gasteiger partial charge in [-0.15, -0.1) is 0 Å². The van der Waals surface area contributed by atoms with Crippen molar-refractivity contribution >= 4 is 5.91 Å². The summed E-state index contributed by atoms with van der Waals surface area (Å²) in [6.07, 6.45) is 0. The van der Waals surface area contributed by atoms with E-state index in [0.29, 0.717) is 18.0 Å². The molecule has 0 bridgehead atoms. The number of nitrogens with zero attached hydrogens (tertiary/aromatic N) is 3.